The van der Waals surface area contributed by atoms with Gasteiger partial charge in [-0.15, -0.1) is 0 Å². The van der Waals surface area contributed by atoms with Crippen LogP contribution in [0.3, 0.4) is 0 Å². The van der Waals surface area contributed by atoms with Crippen LogP contribution in [0.25, 0.3) is 22.0 Å². The molecule has 1 aromatic heterocycles. The Morgan fingerprint density at radius 3 is 2.48 bits per heavy atom. The van der Waals surface area contributed by atoms with Crippen molar-refractivity contribution < 1.29 is 31.9 Å². The Hall–Kier alpha value is -4.18. The number of aromatic nitrogens is 1. The monoisotopic (exact) mass is 571 g/mol. The maximum absolute atomic E-state index is 15.4. The Morgan fingerprint density at radius 2 is 1.73 bits per heavy atom. The minimum Gasteiger partial charge on any atom is -0.337 e. The number of likely N-dealkylation sites (tertiary alicyclic amines) is 1. The third-order valence-electron chi connectivity index (χ3n) is 6.93. The molecule has 3 aromatic carbocycles. The highest BCUT2D eigenvalue weighted by molar-refractivity contribution is 6.33. The highest BCUT2D eigenvalue weighted by Crippen LogP contribution is 2.35. The first kappa shape index (κ1) is 27.4. The summed E-state index contributed by atoms with van der Waals surface area (Å²) in [5.74, 6) is -5.06. The summed E-state index contributed by atoms with van der Waals surface area (Å²) in [5, 5.41) is 2.43. The summed E-state index contributed by atoms with van der Waals surface area (Å²) in [5.41, 5.74) is 0.442. The van der Waals surface area contributed by atoms with Crippen LogP contribution in [0.15, 0.2) is 60.8 Å². The summed E-state index contributed by atoms with van der Waals surface area (Å²) in [6.07, 6.45) is -0.224. The minimum atomic E-state index is -1.48. The second-order valence-electron chi connectivity index (χ2n) is 9.52. The number of nitrogens with one attached hydrogen (secondary N) is 1. The van der Waals surface area contributed by atoms with Crippen molar-refractivity contribution in [2.75, 3.05) is 11.9 Å². The molecule has 4 aromatic rings. The fourth-order valence-corrected chi connectivity index (χ4v) is 5.25. The SMILES string of the molecule is CC(=O)c1cn(CC(=O)N2CC(F)CC2C(=O)Nc2cccc(-c3ccc(F)c(F)c3Cl)c2F)c2ccccc12. The second-order valence-corrected chi connectivity index (χ2v) is 9.90. The van der Waals surface area contributed by atoms with E-state index in [2.05, 4.69) is 5.32 Å². The summed E-state index contributed by atoms with van der Waals surface area (Å²) in [7, 11) is 0. The van der Waals surface area contributed by atoms with Gasteiger partial charge in [0.15, 0.2) is 23.2 Å². The first-order valence-corrected chi connectivity index (χ1v) is 12.7. The van der Waals surface area contributed by atoms with Crippen LogP contribution >= 0.6 is 11.6 Å². The maximum atomic E-state index is 15.4. The molecule has 1 aliphatic rings. The van der Waals surface area contributed by atoms with Crippen LogP contribution in [0.2, 0.25) is 5.02 Å². The van der Waals surface area contributed by atoms with Crippen molar-refractivity contribution in [1.82, 2.24) is 9.47 Å². The molecule has 1 fully saturated rings. The molecule has 1 saturated heterocycles. The highest BCUT2D eigenvalue weighted by atomic mass is 35.5. The molecule has 0 spiro atoms. The van der Waals surface area contributed by atoms with E-state index in [1.807, 2.05) is 0 Å². The maximum Gasteiger partial charge on any atom is 0.247 e. The predicted octanol–water partition coefficient (Wildman–Crippen LogP) is 6.16. The number of carbonyl (C=O) groups is 3. The Bertz CT molecular complexity index is 1670. The molecule has 40 heavy (non-hydrogen) atoms. The average molecular weight is 572 g/mol. The third-order valence-corrected chi connectivity index (χ3v) is 7.30. The summed E-state index contributed by atoms with van der Waals surface area (Å²) < 4.78 is 58.9. The number of carbonyl (C=O) groups excluding carboxylic acids is 3. The molecule has 2 atom stereocenters. The number of hydrogen-bond acceptors (Lipinski definition) is 3. The van der Waals surface area contributed by atoms with Crippen LogP contribution in [0.5, 0.6) is 0 Å². The molecule has 5 rings (SSSR count). The number of amides is 2. The molecule has 2 unspecified atom stereocenters. The lowest BCUT2D eigenvalue weighted by molar-refractivity contribution is -0.137. The van der Waals surface area contributed by atoms with E-state index in [9.17, 15) is 27.6 Å². The predicted molar refractivity (Wildman–Crippen MR) is 142 cm³/mol. The Labute approximate surface area is 231 Å². The van der Waals surface area contributed by atoms with Gasteiger partial charge in [0, 0.05) is 40.2 Å². The number of halogens is 5. The molecule has 0 radical (unpaired) electrons. The van der Waals surface area contributed by atoms with Crippen molar-refractivity contribution in [1.29, 1.82) is 0 Å². The van der Waals surface area contributed by atoms with E-state index in [1.54, 1.807) is 35.0 Å². The lowest BCUT2D eigenvalue weighted by atomic mass is 10.0. The molecule has 0 bridgehead atoms. The number of rotatable bonds is 6. The summed E-state index contributed by atoms with van der Waals surface area (Å²) in [6, 6.07) is 11.6. The van der Waals surface area contributed by atoms with Gasteiger partial charge in [0.05, 0.1) is 17.3 Å². The van der Waals surface area contributed by atoms with E-state index in [-0.39, 0.29) is 42.1 Å². The fraction of sp³-hybridized carbons (Fsp3) is 0.207. The quantitative estimate of drug-likeness (QED) is 0.171. The van der Waals surface area contributed by atoms with Crippen LogP contribution in [0.4, 0.5) is 23.2 Å². The summed E-state index contributed by atoms with van der Waals surface area (Å²) >= 11 is 5.88. The lowest BCUT2D eigenvalue weighted by Gasteiger charge is -2.24. The van der Waals surface area contributed by atoms with Crippen LogP contribution in [0.1, 0.15) is 23.7 Å². The smallest absolute Gasteiger partial charge is 0.247 e. The lowest BCUT2D eigenvalue weighted by Crippen LogP contribution is -2.44. The first-order valence-electron chi connectivity index (χ1n) is 12.3. The van der Waals surface area contributed by atoms with E-state index in [0.717, 1.165) is 17.0 Å². The van der Waals surface area contributed by atoms with Crippen LogP contribution in [-0.4, -0.2) is 45.8 Å². The number of fused-ring (bicyclic) bond motifs is 1. The van der Waals surface area contributed by atoms with Gasteiger partial charge < -0.3 is 14.8 Å². The van der Waals surface area contributed by atoms with E-state index >= 15 is 4.39 Å². The van der Waals surface area contributed by atoms with Gasteiger partial charge in [-0.25, -0.2) is 17.6 Å². The number of hydrogen-bond donors (Lipinski definition) is 1. The zero-order chi connectivity index (χ0) is 28.7. The summed E-state index contributed by atoms with van der Waals surface area (Å²) in [6.45, 7) is 0.836. The number of alkyl halides is 1. The molecule has 0 aliphatic carbocycles. The van der Waals surface area contributed by atoms with Gasteiger partial charge in [0.1, 0.15) is 18.8 Å². The highest BCUT2D eigenvalue weighted by Gasteiger charge is 2.40. The van der Waals surface area contributed by atoms with Gasteiger partial charge in [0.25, 0.3) is 0 Å². The number of benzene rings is 3. The van der Waals surface area contributed by atoms with Crippen LogP contribution < -0.4 is 5.32 Å². The van der Waals surface area contributed by atoms with Crippen molar-refractivity contribution in [2.24, 2.45) is 0 Å². The third kappa shape index (κ3) is 4.95. The topological polar surface area (TPSA) is 71.4 Å². The molecular weight excluding hydrogens is 550 g/mol. The van der Waals surface area contributed by atoms with E-state index in [1.165, 1.54) is 25.1 Å². The molecule has 6 nitrogen and oxygen atoms in total. The van der Waals surface area contributed by atoms with E-state index < -0.39 is 46.5 Å². The number of ketones is 1. The number of anilines is 1. The van der Waals surface area contributed by atoms with Gasteiger partial charge in [-0.2, -0.15) is 0 Å². The Kier molecular flexibility index (Phi) is 7.37. The molecular formula is C29H22ClF4N3O3. The number of para-hydroxylation sites is 1. The number of nitrogens with zero attached hydrogens (tertiary/aromatic N) is 2. The zero-order valence-corrected chi connectivity index (χ0v) is 21.8. The van der Waals surface area contributed by atoms with Crippen molar-refractivity contribution in [3.63, 3.8) is 0 Å². The zero-order valence-electron chi connectivity index (χ0n) is 21.1. The van der Waals surface area contributed by atoms with Gasteiger partial charge >= 0.3 is 0 Å². The Morgan fingerprint density at radius 1 is 0.975 bits per heavy atom. The second kappa shape index (κ2) is 10.8. The van der Waals surface area contributed by atoms with Gasteiger partial charge in [-0.3, -0.25) is 14.4 Å². The fourth-order valence-electron chi connectivity index (χ4n) is 4.99. The molecule has 206 valence electrons. The van der Waals surface area contributed by atoms with Crippen molar-refractivity contribution >= 4 is 45.8 Å². The molecule has 11 heteroatoms. The molecule has 1 aliphatic heterocycles. The molecule has 2 amide bonds. The molecule has 0 saturated carbocycles. The summed E-state index contributed by atoms with van der Waals surface area (Å²) in [4.78, 5) is 39.6. The Balaban J connectivity index is 1.38. The molecule has 2 heterocycles. The van der Waals surface area contributed by atoms with Crippen LogP contribution in [0, 0.1) is 17.5 Å². The van der Waals surface area contributed by atoms with Crippen LogP contribution in [-0.2, 0) is 16.1 Å². The van der Waals surface area contributed by atoms with Crippen molar-refractivity contribution in [3.05, 3.63) is 88.8 Å². The molecule has 1 N–H and O–H groups in total. The van der Waals surface area contributed by atoms with Crippen molar-refractivity contribution in [3.8, 4) is 11.1 Å². The minimum absolute atomic E-state index is 0.125. The normalized spacial score (nSPS) is 16.9. The standard InChI is InChI=1S/C29H22ClF4N3O3/c1-15(38)20-13-36(23-8-3-2-5-17(20)23)14-25(39)37-12-16(31)11-24(37)29(40)35-22-7-4-6-19(27(22)33)18-9-10-21(32)28(34)26(18)30/h2-10,13,16,24H,11-12,14H2,1H3,(H,35,40). The van der Waals surface area contributed by atoms with E-state index in [4.69, 9.17) is 11.6 Å². The average Bonchev–Trinajstić information content (AvgIpc) is 3.50. The largest absolute Gasteiger partial charge is 0.337 e. The van der Waals surface area contributed by atoms with Gasteiger partial charge in [0.2, 0.25) is 11.8 Å². The number of Topliss-reactive ketones (excluding diaryl/α,β-unsaturated/α-hetero) is 1. The van der Waals surface area contributed by atoms with Gasteiger partial charge in [-0.1, -0.05) is 41.9 Å². The van der Waals surface area contributed by atoms with Gasteiger partial charge in [-0.05, 0) is 31.2 Å². The first-order chi connectivity index (χ1) is 19.1. The van der Waals surface area contributed by atoms with Crippen molar-refractivity contribution in [2.45, 2.75) is 32.1 Å². The van der Waals surface area contributed by atoms with E-state index in [0.29, 0.717) is 16.5 Å².